The molecule has 0 aliphatic rings. The third-order valence-corrected chi connectivity index (χ3v) is 1.53. The van der Waals surface area contributed by atoms with Crippen LogP contribution >= 0.6 is 0 Å². The van der Waals surface area contributed by atoms with Gasteiger partial charge in [-0.2, -0.15) is 13.2 Å². The minimum Gasteiger partial charge on any atom is -0.472 e. The molecule has 1 heterocycles. The SMILES string of the molecule is CN(CC(F)(F)F)C(=O)c1ccoc1. The molecule has 78 valence electrons. The van der Waals surface area contributed by atoms with Crippen molar-refractivity contribution >= 4 is 5.91 Å². The average Bonchev–Trinajstić information content (AvgIpc) is 2.51. The number of nitrogens with zero attached hydrogens (tertiary/aromatic N) is 1. The maximum Gasteiger partial charge on any atom is 0.406 e. The molecule has 0 saturated carbocycles. The molecule has 0 spiro atoms. The van der Waals surface area contributed by atoms with Crippen LogP contribution in [0.25, 0.3) is 0 Å². The molecule has 6 heteroatoms. The standard InChI is InChI=1S/C8H8F3NO2/c1-12(5-8(9,10)11)7(13)6-2-3-14-4-6/h2-4H,5H2,1H3. The Kier molecular flexibility index (Phi) is 2.83. The summed E-state index contributed by atoms with van der Waals surface area (Å²) in [5.74, 6) is -0.712. The number of alkyl halides is 3. The van der Waals surface area contributed by atoms with Crippen LogP contribution in [0.1, 0.15) is 10.4 Å². The van der Waals surface area contributed by atoms with Crippen LogP contribution in [0.5, 0.6) is 0 Å². The predicted octanol–water partition coefficient (Wildman–Crippen LogP) is 1.91. The fourth-order valence-electron chi connectivity index (χ4n) is 0.947. The van der Waals surface area contributed by atoms with Gasteiger partial charge in [0, 0.05) is 7.05 Å². The molecule has 0 radical (unpaired) electrons. The molecule has 14 heavy (non-hydrogen) atoms. The van der Waals surface area contributed by atoms with Gasteiger partial charge >= 0.3 is 6.18 Å². The van der Waals surface area contributed by atoms with E-state index in [-0.39, 0.29) is 5.56 Å². The minimum atomic E-state index is -4.38. The minimum absolute atomic E-state index is 0.108. The summed E-state index contributed by atoms with van der Waals surface area (Å²) in [5.41, 5.74) is 0.108. The van der Waals surface area contributed by atoms with Gasteiger partial charge in [-0.1, -0.05) is 0 Å². The quantitative estimate of drug-likeness (QED) is 0.742. The smallest absolute Gasteiger partial charge is 0.406 e. The van der Waals surface area contributed by atoms with E-state index in [4.69, 9.17) is 0 Å². The van der Waals surface area contributed by atoms with E-state index >= 15 is 0 Å². The van der Waals surface area contributed by atoms with E-state index in [1.54, 1.807) is 0 Å². The van der Waals surface area contributed by atoms with Crippen molar-refractivity contribution in [2.45, 2.75) is 6.18 Å². The summed E-state index contributed by atoms with van der Waals surface area (Å²) in [6.45, 7) is -1.27. The number of halogens is 3. The maximum absolute atomic E-state index is 11.9. The predicted molar refractivity (Wildman–Crippen MR) is 41.7 cm³/mol. The van der Waals surface area contributed by atoms with Crippen molar-refractivity contribution in [1.29, 1.82) is 0 Å². The van der Waals surface area contributed by atoms with Crippen molar-refractivity contribution in [2.75, 3.05) is 13.6 Å². The summed E-state index contributed by atoms with van der Waals surface area (Å²) in [7, 11) is 1.09. The Hall–Kier alpha value is -1.46. The molecule has 0 atom stereocenters. The van der Waals surface area contributed by atoms with Crippen LogP contribution in [0.4, 0.5) is 13.2 Å². The zero-order valence-corrected chi connectivity index (χ0v) is 7.34. The van der Waals surface area contributed by atoms with E-state index in [2.05, 4.69) is 4.42 Å². The van der Waals surface area contributed by atoms with Crippen molar-refractivity contribution < 1.29 is 22.4 Å². The molecular weight excluding hydrogens is 199 g/mol. The van der Waals surface area contributed by atoms with Crippen molar-refractivity contribution in [3.05, 3.63) is 24.2 Å². The number of amides is 1. The lowest BCUT2D eigenvalue weighted by Gasteiger charge is -2.17. The van der Waals surface area contributed by atoms with E-state index < -0.39 is 18.6 Å². The Labute approximate surface area is 78.1 Å². The van der Waals surface area contributed by atoms with Gasteiger partial charge in [0.1, 0.15) is 12.8 Å². The first-order chi connectivity index (χ1) is 6.40. The molecule has 0 unspecified atom stereocenters. The van der Waals surface area contributed by atoms with Gasteiger partial charge in [-0.15, -0.1) is 0 Å². The summed E-state index contributed by atoms with van der Waals surface area (Å²) in [6.07, 6.45) is -2.04. The van der Waals surface area contributed by atoms with E-state index in [9.17, 15) is 18.0 Å². The lowest BCUT2D eigenvalue weighted by molar-refractivity contribution is -0.138. The largest absolute Gasteiger partial charge is 0.472 e. The van der Waals surface area contributed by atoms with Gasteiger partial charge < -0.3 is 9.32 Å². The van der Waals surface area contributed by atoms with Gasteiger partial charge in [-0.3, -0.25) is 4.79 Å². The van der Waals surface area contributed by atoms with Gasteiger partial charge in [0.15, 0.2) is 0 Å². The van der Waals surface area contributed by atoms with Crippen molar-refractivity contribution in [3.63, 3.8) is 0 Å². The lowest BCUT2D eigenvalue weighted by Crippen LogP contribution is -2.35. The summed E-state index contributed by atoms with van der Waals surface area (Å²) in [6, 6.07) is 1.31. The van der Waals surface area contributed by atoms with Gasteiger partial charge in [-0.05, 0) is 6.07 Å². The fourth-order valence-corrected chi connectivity index (χ4v) is 0.947. The number of furan rings is 1. The zero-order chi connectivity index (χ0) is 10.8. The van der Waals surface area contributed by atoms with Gasteiger partial charge in [0.2, 0.25) is 0 Å². The first-order valence-corrected chi connectivity index (χ1v) is 3.74. The molecule has 1 rings (SSSR count). The molecular formula is C8H8F3NO2. The normalized spacial score (nSPS) is 11.4. The maximum atomic E-state index is 11.9. The molecule has 0 aliphatic heterocycles. The van der Waals surface area contributed by atoms with Crippen LogP contribution in [0.15, 0.2) is 23.0 Å². The van der Waals surface area contributed by atoms with E-state index in [1.807, 2.05) is 0 Å². The van der Waals surface area contributed by atoms with Crippen molar-refractivity contribution in [3.8, 4) is 0 Å². The highest BCUT2D eigenvalue weighted by Crippen LogP contribution is 2.16. The Bertz CT molecular complexity index is 305. The van der Waals surface area contributed by atoms with E-state index in [1.165, 1.54) is 12.3 Å². The zero-order valence-electron chi connectivity index (χ0n) is 7.34. The van der Waals surface area contributed by atoms with E-state index in [0.29, 0.717) is 4.90 Å². The van der Waals surface area contributed by atoms with Crippen LogP contribution < -0.4 is 0 Å². The topological polar surface area (TPSA) is 33.5 Å². The Morgan fingerprint density at radius 2 is 2.21 bits per heavy atom. The monoisotopic (exact) mass is 207 g/mol. The number of carbonyl (C=O) groups is 1. The second kappa shape index (κ2) is 3.73. The third kappa shape index (κ3) is 2.79. The highest BCUT2D eigenvalue weighted by molar-refractivity contribution is 5.93. The number of rotatable bonds is 2. The average molecular weight is 207 g/mol. The number of hydrogen-bond donors (Lipinski definition) is 0. The summed E-state index contributed by atoms with van der Waals surface area (Å²) < 4.78 is 40.3. The first kappa shape index (κ1) is 10.6. The summed E-state index contributed by atoms with van der Waals surface area (Å²) in [5, 5.41) is 0. The van der Waals surface area contributed by atoms with Crippen molar-refractivity contribution in [1.82, 2.24) is 4.90 Å². The fraction of sp³-hybridized carbons (Fsp3) is 0.375. The molecule has 0 aliphatic carbocycles. The Balaban J connectivity index is 2.63. The molecule has 1 aromatic rings. The molecule has 0 saturated heterocycles. The number of carbonyl (C=O) groups excluding carboxylic acids is 1. The lowest BCUT2D eigenvalue weighted by atomic mass is 10.3. The number of hydrogen-bond acceptors (Lipinski definition) is 2. The molecule has 0 bridgehead atoms. The highest BCUT2D eigenvalue weighted by Gasteiger charge is 2.31. The van der Waals surface area contributed by atoms with Crippen LogP contribution in [0.2, 0.25) is 0 Å². The highest BCUT2D eigenvalue weighted by atomic mass is 19.4. The van der Waals surface area contributed by atoms with Crippen LogP contribution in [0, 0.1) is 0 Å². The Morgan fingerprint density at radius 1 is 1.57 bits per heavy atom. The van der Waals surface area contributed by atoms with Crippen LogP contribution in [-0.4, -0.2) is 30.6 Å². The second-order valence-electron chi connectivity index (χ2n) is 2.79. The van der Waals surface area contributed by atoms with Crippen molar-refractivity contribution in [2.24, 2.45) is 0 Å². The third-order valence-electron chi connectivity index (χ3n) is 1.53. The first-order valence-electron chi connectivity index (χ1n) is 3.74. The molecule has 0 aromatic carbocycles. The van der Waals surface area contributed by atoms with Gasteiger partial charge in [0.05, 0.1) is 11.8 Å². The Morgan fingerprint density at radius 3 is 2.64 bits per heavy atom. The molecule has 0 N–H and O–H groups in total. The van der Waals surface area contributed by atoms with Gasteiger partial charge in [-0.25, -0.2) is 0 Å². The molecule has 3 nitrogen and oxygen atoms in total. The van der Waals surface area contributed by atoms with Crippen LogP contribution in [-0.2, 0) is 0 Å². The second-order valence-corrected chi connectivity index (χ2v) is 2.79. The summed E-state index contributed by atoms with van der Waals surface area (Å²) >= 11 is 0. The molecule has 1 amide bonds. The van der Waals surface area contributed by atoms with Gasteiger partial charge in [0.25, 0.3) is 5.91 Å². The van der Waals surface area contributed by atoms with E-state index in [0.717, 1.165) is 13.3 Å². The molecule has 1 aromatic heterocycles. The van der Waals surface area contributed by atoms with Crippen LogP contribution in [0.3, 0.4) is 0 Å². The molecule has 0 fully saturated rings. The summed E-state index contributed by atoms with van der Waals surface area (Å²) in [4.78, 5) is 11.8.